The summed E-state index contributed by atoms with van der Waals surface area (Å²) in [6.45, 7) is 7.12. The van der Waals surface area contributed by atoms with E-state index in [1.807, 2.05) is 29.2 Å². The second-order valence-corrected chi connectivity index (χ2v) is 8.32. The standard InChI is InChI=1S/C24H27N3O3/c1-3-16(2)14-27-20-7-5-4-6-19(20)25-24(27)17-12-23(28)26(15-17)18-8-9-21-22(13-18)30-11-10-29-21/h4-9,13,16-17H,3,10-12,14-15H2,1-2H3. The average Bonchev–Trinajstić information content (AvgIpc) is 3.34. The smallest absolute Gasteiger partial charge is 0.227 e. The Morgan fingerprint density at radius 3 is 2.77 bits per heavy atom. The van der Waals surface area contributed by atoms with E-state index in [1.165, 1.54) is 0 Å². The molecule has 3 aromatic rings. The van der Waals surface area contributed by atoms with Gasteiger partial charge in [-0.2, -0.15) is 0 Å². The van der Waals surface area contributed by atoms with Crippen LogP contribution in [-0.2, 0) is 11.3 Å². The van der Waals surface area contributed by atoms with Gasteiger partial charge in [0.05, 0.1) is 11.0 Å². The van der Waals surface area contributed by atoms with Crippen LogP contribution in [-0.4, -0.2) is 35.2 Å². The second-order valence-electron chi connectivity index (χ2n) is 8.32. The van der Waals surface area contributed by atoms with Crippen LogP contribution in [0.3, 0.4) is 0 Å². The summed E-state index contributed by atoms with van der Waals surface area (Å²) < 4.78 is 13.6. The SMILES string of the molecule is CCC(C)Cn1c(C2CC(=O)N(c3ccc4c(c3)OCCO4)C2)nc2ccccc21. The molecule has 2 atom stereocenters. The molecule has 1 saturated heterocycles. The third kappa shape index (κ3) is 3.30. The molecular formula is C24H27N3O3. The van der Waals surface area contributed by atoms with Gasteiger partial charge in [-0.25, -0.2) is 4.98 Å². The quantitative estimate of drug-likeness (QED) is 0.632. The molecule has 2 aliphatic rings. The number of fused-ring (bicyclic) bond motifs is 2. The number of nitrogens with zero attached hydrogens (tertiary/aromatic N) is 3. The second kappa shape index (κ2) is 7.67. The number of carbonyl (C=O) groups is 1. The van der Waals surface area contributed by atoms with E-state index in [1.54, 1.807) is 0 Å². The lowest BCUT2D eigenvalue weighted by Gasteiger charge is -2.22. The van der Waals surface area contributed by atoms with Gasteiger partial charge in [-0.15, -0.1) is 0 Å². The molecule has 156 valence electrons. The molecule has 2 aliphatic heterocycles. The highest BCUT2D eigenvalue weighted by Gasteiger charge is 2.35. The normalized spacial score (nSPS) is 19.5. The van der Waals surface area contributed by atoms with Gasteiger partial charge < -0.3 is 18.9 Å². The zero-order valence-electron chi connectivity index (χ0n) is 17.5. The number of hydrogen-bond donors (Lipinski definition) is 0. The first-order valence-corrected chi connectivity index (χ1v) is 10.8. The Balaban J connectivity index is 1.47. The molecule has 0 radical (unpaired) electrons. The minimum atomic E-state index is 0.0714. The van der Waals surface area contributed by atoms with Crippen LogP contribution in [0.4, 0.5) is 5.69 Å². The summed E-state index contributed by atoms with van der Waals surface area (Å²) in [5.41, 5.74) is 3.01. The number of aromatic nitrogens is 2. The van der Waals surface area contributed by atoms with E-state index in [4.69, 9.17) is 14.5 Å². The van der Waals surface area contributed by atoms with E-state index in [2.05, 4.69) is 36.6 Å². The summed E-state index contributed by atoms with van der Waals surface area (Å²) in [6.07, 6.45) is 1.58. The molecular weight excluding hydrogens is 378 g/mol. The number of amides is 1. The van der Waals surface area contributed by atoms with Crippen molar-refractivity contribution in [2.45, 2.75) is 39.2 Å². The molecule has 0 aliphatic carbocycles. The van der Waals surface area contributed by atoms with Crippen molar-refractivity contribution in [3.8, 4) is 11.5 Å². The molecule has 1 fully saturated rings. The van der Waals surface area contributed by atoms with Crippen molar-refractivity contribution in [3.63, 3.8) is 0 Å². The third-order valence-electron chi connectivity index (χ3n) is 6.20. The first-order chi connectivity index (χ1) is 14.6. The molecule has 2 unspecified atom stereocenters. The van der Waals surface area contributed by atoms with Gasteiger partial charge in [0.2, 0.25) is 5.91 Å². The van der Waals surface area contributed by atoms with E-state index < -0.39 is 0 Å². The number of rotatable bonds is 5. The fourth-order valence-electron chi connectivity index (χ4n) is 4.37. The predicted molar refractivity (Wildman–Crippen MR) is 116 cm³/mol. The Hall–Kier alpha value is -3.02. The minimum Gasteiger partial charge on any atom is -0.486 e. The van der Waals surface area contributed by atoms with E-state index in [0.717, 1.165) is 41.3 Å². The maximum atomic E-state index is 12.9. The molecule has 2 aromatic carbocycles. The summed E-state index contributed by atoms with van der Waals surface area (Å²) in [5.74, 6) is 3.21. The van der Waals surface area contributed by atoms with E-state index in [9.17, 15) is 4.79 Å². The third-order valence-corrected chi connectivity index (χ3v) is 6.20. The van der Waals surface area contributed by atoms with Crippen LogP contribution in [0.15, 0.2) is 42.5 Å². The molecule has 6 nitrogen and oxygen atoms in total. The summed E-state index contributed by atoms with van der Waals surface area (Å²) in [4.78, 5) is 19.8. The van der Waals surface area contributed by atoms with Crippen molar-refractivity contribution in [3.05, 3.63) is 48.3 Å². The number of ether oxygens (including phenoxy) is 2. The molecule has 5 rings (SSSR count). The van der Waals surface area contributed by atoms with E-state index in [-0.39, 0.29) is 11.8 Å². The van der Waals surface area contributed by atoms with Crippen LogP contribution in [0, 0.1) is 5.92 Å². The van der Waals surface area contributed by atoms with Crippen LogP contribution >= 0.6 is 0 Å². The largest absolute Gasteiger partial charge is 0.486 e. The Kier molecular flexibility index (Phi) is 4.85. The van der Waals surface area contributed by atoms with Gasteiger partial charge in [0.15, 0.2) is 11.5 Å². The lowest BCUT2D eigenvalue weighted by molar-refractivity contribution is -0.117. The number of benzene rings is 2. The number of anilines is 1. The van der Waals surface area contributed by atoms with Gasteiger partial charge in [0, 0.05) is 37.2 Å². The maximum Gasteiger partial charge on any atom is 0.227 e. The Bertz CT molecular complexity index is 1090. The first-order valence-electron chi connectivity index (χ1n) is 10.8. The Labute approximate surface area is 176 Å². The number of carbonyl (C=O) groups excluding carboxylic acids is 1. The molecule has 1 aromatic heterocycles. The highest BCUT2D eigenvalue weighted by Crippen LogP contribution is 2.38. The van der Waals surface area contributed by atoms with Crippen molar-refractivity contribution in [1.29, 1.82) is 0 Å². The van der Waals surface area contributed by atoms with Crippen molar-refractivity contribution < 1.29 is 14.3 Å². The van der Waals surface area contributed by atoms with Crippen molar-refractivity contribution in [1.82, 2.24) is 9.55 Å². The molecule has 30 heavy (non-hydrogen) atoms. The van der Waals surface area contributed by atoms with Crippen LogP contribution in [0.5, 0.6) is 11.5 Å². The molecule has 1 amide bonds. The zero-order chi connectivity index (χ0) is 20.7. The van der Waals surface area contributed by atoms with Crippen LogP contribution < -0.4 is 14.4 Å². The number of imidazole rings is 1. The molecule has 6 heteroatoms. The molecule has 0 spiro atoms. The van der Waals surface area contributed by atoms with Gasteiger partial charge in [0.1, 0.15) is 19.0 Å². The highest BCUT2D eigenvalue weighted by atomic mass is 16.6. The van der Waals surface area contributed by atoms with Gasteiger partial charge in [-0.05, 0) is 30.2 Å². The van der Waals surface area contributed by atoms with Gasteiger partial charge in [-0.1, -0.05) is 32.4 Å². The average molecular weight is 405 g/mol. The first kappa shape index (κ1) is 19.0. The van der Waals surface area contributed by atoms with Crippen LogP contribution in [0.25, 0.3) is 11.0 Å². The summed E-state index contributed by atoms with van der Waals surface area (Å²) in [7, 11) is 0. The fourth-order valence-corrected chi connectivity index (χ4v) is 4.37. The van der Waals surface area contributed by atoms with E-state index >= 15 is 0 Å². The van der Waals surface area contributed by atoms with E-state index in [0.29, 0.717) is 37.8 Å². The van der Waals surface area contributed by atoms with Crippen molar-refractivity contribution in [2.75, 3.05) is 24.7 Å². The van der Waals surface area contributed by atoms with Crippen LogP contribution in [0.1, 0.15) is 38.4 Å². The van der Waals surface area contributed by atoms with Crippen molar-refractivity contribution >= 4 is 22.6 Å². The fraction of sp³-hybridized carbons (Fsp3) is 0.417. The monoisotopic (exact) mass is 405 g/mol. The van der Waals surface area contributed by atoms with Gasteiger partial charge in [-0.3, -0.25) is 4.79 Å². The van der Waals surface area contributed by atoms with Gasteiger partial charge >= 0.3 is 0 Å². The summed E-state index contributed by atoms with van der Waals surface area (Å²) in [6, 6.07) is 14.0. The molecule has 3 heterocycles. The predicted octanol–water partition coefficient (Wildman–Crippen LogP) is 4.37. The lowest BCUT2D eigenvalue weighted by atomic mass is 10.1. The molecule has 0 N–H and O–H groups in total. The highest BCUT2D eigenvalue weighted by molar-refractivity contribution is 5.96. The topological polar surface area (TPSA) is 56.6 Å². The lowest BCUT2D eigenvalue weighted by Crippen LogP contribution is -2.25. The number of para-hydroxylation sites is 2. The summed E-state index contributed by atoms with van der Waals surface area (Å²) in [5, 5.41) is 0. The number of hydrogen-bond acceptors (Lipinski definition) is 4. The van der Waals surface area contributed by atoms with Crippen LogP contribution in [0.2, 0.25) is 0 Å². The van der Waals surface area contributed by atoms with Gasteiger partial charge in [0.25, 0.3) is 0 Å². The Morgan fingerprint density at radius 2 is 1.93 bits per heavy atom. The molecule has 0 saturated carbocycles. The summed E-state index contributed by atoms with van der Waals surface area (Å²) >= 11 is 0. The minimum absolute atomic E-state index is 0.0714. The zero-order valence-corrected chi connectivity index (χ0v) is 17.5. The maximum absolute atomic E-state index is 12.9. The molecule has 0 bridgehead atoms. The van der Waals surface area contributed by atoms with Crippen molar-refractivity contribution in [2.24, 2.45) is 5.92 Å². The Morgan fingerprint density at radius 1 is 1.13 bits per heavy atom.